The van der Waals surface area contributed by atoms with Crippen LogP contribution in [0.4, 0.5) is 0 Å². The SMILES string of the molecule is COc1cccc(OC)c1-c1[nH]c2c(C)cc(Cl)cc2c1CCCCN. The largest absolute Gasteiger partial charge is 0.496 e. The zero-order valence-corrected chi connectivity index (χ0v) is 16.2. The normalized spacial score (nSPS) is 11.1. The summed E-state index contributed by atoms with van der Waals surface area (Å²) in [7, 11) is 3.36. The van der Waals surface area contributed by atoms with Gasteiger partial charge in [-0.25, -0.2) is 0 Å². The van der Waals surface area contributed by atoms with Gasteiger partial charge in [-0.1, -0.05) is 17.7 Å². The minimum Gasteiger partial charge on any atom is -0.496 e. The molecule has 3 rings (SSSR count). The molecular weight excluding hydrogens is 348 g/mol. The minimum atomic E-state index is 0.690. The standard InChI is InChI=1S/C21H25ClN2O2/c1-13-11-14(22)12-16-15(7-4-5-10-23)21(24-20(13)16)19-17(25-2)8-6-9-18(19)26-3/h6,8-9,11-12,24H,4-5,7,10,23H2,1-3H3. The van der Waals surface area contributed by atoms with Crippen molar-refractivity contribution in [3.05, 3.63) is 46.5 Å². The fourth-order valence-electron chi connectivity index (χ4n) is 3.50. The molecule has 1 heterocycles. The lowest BCUT2D eigenvalue weighted by Gasteiger charge is -2.14. The number of aryl methyl sites for hydroxylation is 2. The van der Waals surface area contributed by atoms with Crippen molar-refractivity contribution in [2.45, 2.75) is 26.2 Å². The highest BCUT2D eigenvalue weighted by Gasteiger charge is 2.21. The number of rotatable bonds is 7. The molecule has 0 atom stereocenters. The molecule has 138 valence electrons. The molecule has 1 aromatic heterocycles. The first kappa shape index (κ1) is 18.6. The van der Waals surface area contributed by atoms with Crippen molar-refractivity contribution in [2.75, 3.05) is 20.8 Å². The molecule has 0 aliphatic rings. The monoisotopic (exact) mass is 372 g/mol. The number of fused-ring (bicyclic) bond motifs is 1. The number of aromatic nitrogens is 1. The van der Waals surface area contributed by atoms with Gasteiger partial charge in [-0.15, -0.1) is 0 Å². The van der Waals surface area contributed by atoms with E-state index in [-0.39, 0.29) is 0 Å². The summed E-state index contributed by atoms with van der Waals surface area (Å²) < 4.78 is 11.3. The number of H-pyrrole nitrogens is 1. The first-order valence-corrected chi connectivity index (χ1v) is 9.20. The number of ether oxygens (including phenoxy) is 2. The van der Waals surface area contributed by atoms with Crippen LogP contribution in [-0.2, 0) is 6.42 Å². The molecule has 0 saturated carbocycles. The van der Waals surface area contributed by atoms with Gasteiger partial charge in [-0.3, -0.25) is 0 Å². The summed E-state index contributed by atoms with van der Waals surface area (Å²) in [4.78, 5) is 3.60. The molecule has 0 saturated heterocycles. The Morgan fingerprint density at radius 1 is 1.08 bits per heavy atom. The van der Waals surface area contributed by atoms with Crippen molar-refractivity contribution in [1.82, 2.24) is 4.98 Å². The Morgan fingerprint density at radius 3 is 2.38 bits per heavy atom. The molecule has 5 heteroatoms. The predicted octanol–water partition coefficient (Wildman–Crippen LogP) is 5.10. The molecule has 2 aromatic carbocycles. The molecule has 0 spiro atoms. The highest BCUT2D eigenvalue weighted by atomic mass is 35.5. The van der Waals surface area contributed by atoms with E-state index in [2.05, 4.69) is 11.9 Å². The number of halogens is 1. The second-order valence-electron chi connectivity index (χ2n) is 6.41. The van der Waals surface area contributed by atoms with Gasteiger partial charge < -0.3 is 20.2 Å². The van der Waals surface area contributed by atoms with Crippen molar-refractivity contribution >= 4 is 22.5 Å². The topological polar surface area (TPSA) is 60.3 Å². The van der Waals surface area contributed by atoms with Crippen LogP contribution in [0.25, 0.3) is 22.2 Å². The van der Waals surface area contributed by atoms with Crippen LogP contribution in [0.5, 0.6) is 11.5 Å². The number of methoxy groups -OCH3 is 2. The Bertz CT molecular complexity index is 896. The smallest absolute Gasteiger partial charge is 0.131 e. The molecule has 0 amide bonds. The van der Waals surface area contributed by atoms with Crippen molar-refractivity contribution in [2.24, 2.45) is 5.73 Å². The maximum Gasteiger partial charge on any atom is 0.131 e. The zero-order chi connectivity index (χ0) is 18.7. The third-order valence-corrected chi connectivity index (χ3v) is 4.95. The molecule has 4 nitrogen and oxygen atoms in total. The van der Waals surface area contributed by atoms with Crippen molar-refractivity contribution in [1.29, 1.82) is 0 Å². The molecule has 0 radical (unpaired) electrons. The fraction of sp³-hybridized carbons (Fsp3) is 0.333. The van der Waals surface area contributed by atoms with E-state index in [9.17, 15) is 0 Å². The number of nitrogens with one attached hydrogen (secondary N) is 1. The molecule has 3 aromatic rings. The molecule has 0 fully saturated rings. The van der Waals surface area contributed by atoms with Crippen LogP contribution in [0.1, 0.15) is 24.0 Å². The first-order valence-electron chi connectivity index (χ1n) is 8.82. The van der Waals surface area contributed by atoms with Crippen LogP contribution in [0.3, 0.4) is 0 Å². The van der Waals surface area contributed by atoms with E-state index in [0.29, 0.717) is 6.54 Å². The third kappa shape index (κ3) is 3.39. The zero-order valence-electron chi connectivity index (χ0n) is 15.5. The second kappa shape index (κ2) is 8.02. The summed E-state index contributed by atoms with van der Waals surface area (Å²) in [6, 6.07) is 9.84. The lowest BCUT2D eigenvalue weighted by molar-refractivity contribution is 0.397. The minimum absolute atomic E-state index is 0.690. The molecule has 0 bridgehead atoms. The Labute approximate surface area is 159 Å². The molecule has 0 unspecified atom stereocenters. The number of nitrogens with two attached hydrogens (primary N) is 1. The van der Waals surface area contributed by atoms with Crippen LogP contribution >= 0.6 is 11.6 Å². The van der Waals surface area contributed by atoms with E-state index < -0.39 is 0 Å². The summed E-state index contributed by atoms with van der Waals surface area (Å²) in [6.07, 6.45) is 2.90. The Balaban J connectivity index is 2.29. The number of unbranched alkanes of at least 4 members (excludes halogenated alkanes) is 1. The third-order valence-electron chi connectivity index (χ3n) is 4.74. The maximum atomic E-state index is 6.35. The summed E-state index contributed by atoms with van der Waals surface area (Å²) in [6.45, 7) is 2.76. The van der Waals surface area contributed by atoms with E-state index in [1.807, 2.05) is 30.3 Å². The van der Waals surface area contributed by atoms with Crippen LogP contribution in [0, 0.1) is 6.92 Å². The number of hydrogen-bond donors (Lipinski definition) is 2. The van der Waals surface area contributed by atoms with Gasteiger partial charge in [-0.05, 0) is 68.1 Å². The summed E-state index contributed by atoms with van der Waals surface area (Å²) in [5.41, 5.74) is 11.1. The van der Waals surface area contributed by atoms with Gasteiger partial charge in [0.25, 0.3) is 0 Å². The molecule has 26 heavy (non-hydrogen) atoms. The number of aromatic amines is 1. The Kier molecular flexibility index (Phi) is 5.74. The van der Waals surface area contributed by atoms with Gasteiger partial charge in [0, 0.05) is 15.9 Å². The van der Waals surface area contributed by atoms with Crippen LogP contribution < -0.4 is 15.2 Å². The van der Waals surface area contributed by atoms with E-state index in [0.717, 1.165) is 63.5 Å². The van der Waals surface area contributed by atoms with Crippen LogP contribution in [-0.4, -0.2) is 25.7 Å². The van der Waals surface area contributed by atoms with Crippen LogP contribution in [0.15, 0.2) is 30.3 Å². The van der Waals surface area contributed by atoms with Crippen molar-refractivity contribution in [3.63, 3.8) is 0 Å². The molecule has 0 aliphatic carbocycles. The van der Waals surface area contributed by atoms with Gasteiger partial charge in [0.2, 0.25) is 0 Å². The van der Waals surface area contributed by atoms with Gasteiger partial charge in [0.1, 0.15) is 11.5 Å². The van der Waals surface area contributed by atoms with E-state index in [1.54, 1.807) is 14.2 Å². The summed E-state index contributed by atoms with van der Waals surface area (Å²) >= 11 is 6.35. The summed E-state index contributed by atoms with van der Waals surface area (Å²) in [5, 5.41) is 1.89. The fourth-order valence-corrected chi connectivity index (χ4v) is 3.77. The van der Waals surface area contributed by atoms with E-state index >= 15 is 0 Å². The van der Waals surface area contributed by atoms with Gasteiger partial charge in [0.05, 0.1) is 25.5 Å². The summed E-state index contributed by atoms with van der Waals surface area (Å²) in [5.74, 6) is 1.56. The lowest BCUT2D eigenvalue weighted by Crippen LogP contribution is -2.00. The average molecular weight is 373 g/mol. The van der Waals surface area contributed by atoms with Gasteiger partial charge >= 0.3 is 0 Å². The number of hydrogen-bond acceptors (Lipinski definition) is 3. The van der Waals surface area contributed by atoms with Gasteiger partial charge in [-0.2, -0.15) is 0 Å². The molecule has 3 N–H and O–H groups in total. The predicted molar refractivity (Wildman–Crippen MR) is 109 cm³/mol. The average Bonchev–Trinajstić information content (AvgIpc) is 2.99. The van der Waals surface area contributed by atoms with Crippen molar-refractivity contribution < 1.29 is 9.47 Å². The highest BCUT2D eigenvalue weighted by Crippen LogP contribution is 2.43. The van der Waals surface area contributed by atoms with E-state index in [1.165, 1.54) is 5.56 Å². The number of benzene rings is 2. The van der Waals surface area contributed by atoms with E-state index in [4.69, 9.17) is 26.8 Å². The maximum absolute atomic E-state index is 6.35. The second-order valence-corrected chi connectivity index (χ2v) is 6.84. The highest BCUT2D eigenvalue weighted by molar-refractivity contribution is 6.31. The quantitative estimate of drug-likeness (QED) is 0.567. The van der Waals surface area contributed by atoms with Gasteiger partial charge in [0.15, 0.2) is 0 Å². The first-order chi connectivity index (χ1) is 12.6. The molecular formula is C21H25ClN2O2. The Hall–Kier alpha value is -2.17. The molecule has 0 aliphatic heterocycles. The lowest BCUT2D eigenvalue weighted by atomic mass is 9.98. The Morgan fingerprint density at radius 2 is 1.77 bits per heavy atom. The van der Waals surface area contributed by atoms with Crippen LogP contribution in [0.2, 0.25) is 5.02 Å². The van der Waals surface area contributed by atoms with Crippen molar-refractivity contribution in [3.8, 4) is 22.8 Å².